The maximum Gasteiger partial charge on any atom is 0.308 e. The first kappa shape index (κ1) is 32.6. The van der Waals surface area contributed by atoms with Crippen molar-refractivity contribution < 1.29 is 28.6 Å². The molecule has 44 heavy (non-hydrogen) atoms. The Morgan fingerprint density at radius 1 is 1.00 bits per heavy atom. The van der Waals surface area contributed by atoms with E-state index >= 15 is 0 Å². The number of halogens is 1. The van der Waals surface area contributed by atoms with Crippen LogP contribution in [0.5, 0.6) is 17.2 Å². The number of hydrogen-bond acceptors (Lipinski definition) is 7. The first-order chi connectivity index (χ1) is 21.0. The summed E-state index contributed by atoms with van der Waals surface area (Å²) in [5.41, 5.74) is 3.26. The Hall–Kier alpha value is -4.30. The SMILES string of the molecule is CC.COc1ccc(COc2ccc(C3C4=C(CC(C)(C)CC4=O)Nc4c(OC(C)=O)cccc4N3C(C)=O)c(Cl)c2)cc1. The van der Waals surface area contributed by atoms with E-state index in [1.807, 2.05) is 52.0 Å². The van der Waals surface area contributed by atoms with Crippen molar-refractivity contribution >= 4 is 40.6 Å². The van der Waals surface area contributed by atoms with Crippen LogP contribution < -0.4 is 24.4 Å². The summed E-state index contributed by atoms with van der Waals surface area (Å²) in [6.45, 7) is 11.1. The molecule has 1 aliphatic carbocycles. The summed E-state index contributed by atoms with van der Waals surface area (Å²) in [7, 11) is 1.62. The standard InChI is InChI=1S/C33H33ClN2O6.C2H6/c1-19(37)36-27-7-6-8-29(42-20(2)38)31(27)35-26-16-33(3,4)17-28(39)30(26)32(36)24-14-13-23(15-25(24)34)41-18-21-9-11-22(40-5)12-10-21;1-2/h6-15,32,35H,16-18H2,1-5H3;1-2H3. The summed E-state index contributed by atoms with van der Waals surface area (Å²) in [6.07, 6.45) is 0.856. The van der Waals surface area contributed by atoms with Crippen molar-refractivity contribution in [3.05, 3.63) is 88.1 Å². The van der Waals surface area contributed by atoms with E-state index in [1.54, 1.807) is 48.4 Å². The van der Waals surface area contributed by atoms with Gasteiger partial charge in [-0.15, -0.1) is 0 Å². The van der Waals surface area contributed by atoms with Crippen molar-refractivity contribution in [2.24, 2.45) is 5.41 Å². The molecule has 3 aromatic rings. The summed E-state index contributed by atoms with van der Waals surface area (Å²) in [5, 5.41) is 3.74. The van der Waals surface area contributed by atoms with Crippen LogP contribution in [0.2, 0.25) is 5.02 Å². The Morgan fingerprint density at radius 2 is 1.68 bits per heavy atom. The van der Waals surface area contributed by atoms with Crippen LogP contribution in [0.3, 0.4) is 0 Å². The number of anilines is 2. The van der Waals surface area contributed by atoms with Crippen LogP contribution in [0.25, 0.3) is 0 Å². The van der Waals surface area contributed by atoms with Crippen LogP contribution in [0.15, 0.2) is 71.9 Å². The molecular weight excluding hydrogens is 580 g/mol. The zero-order valence-electron chi connectivity index (χ0n) is 26.2. The number of ether oxygens (including phenoxy) is 3. The minimum atomic E-state index is -0.814. The Labute approximate surface area is 263 Å². The van der Waals surface area contributed by atoms with Gasteiger partial charge in [0.05, 0.1) is 18.8 Å². The fourth-order valence-electron chi connectivity index (χ4n) is 5.62. The summed E-state index contributed by atoms with van der Waals surface area (Å²) in [5.74, 6) is 0.692. The number of allylic oxidation sites excluding steroid dienone is 1. The van der Waals surface area contributed by atoms with Crippen molar-refractivity contribution in [2.75, 3.05) is 17.3 Å². The van der Waals surface area contributed by atoms with Gasteiger partial charge >= 0.3 is 5.97 Å². The van der Waals surface area contributed by atoms with Gasteiger partial charge in [-0.05, 0) is 59.4 Å². The van der Waals surface area contributed by atoms with Gasteiger partial charge in [-0.3, -0.25) is 19.3 Å². The van der Waals surface area contributed by atoms with Gasteiger partial charge in [-0.1, -0.05) is 63.6 Å². The van der Waals surface area contributed by atoms with E-state index in [0.29, 0.717) is 58.4 Å². The molecule has 1 aliphatic heterocycles. The number of nitrogens with zero attached hydrogens (tertiary/aromatic N) is 1. The third-order valence-corrected chi connectivity index (χ3v) is 7.74. The molecule has 5 rings (SSSR count). The molecule has 1 amide bonds. The highest BCUT2D eigenvalue weighted by Gasteiger charge is 2.44. The van der Waals surface area contributed by atoms with Crippen LogP contribution in [0, 0.1) is 5.41 Å². The number of Topliss-reactive ketones (excluding diaryl/α,β-unsaturated/α-hetero) is 1. The average Bonchev–Trinajstić information content (AvgIpc) is 3.11. The fraction of sp³-hybridized carbons (Fsp3) is 0.343. The topological polar surface area (TPSA) is 94.2 Å². The number of fused-ring (bicyclic) bond motifs is 1. The van der Waals surface area contributed by atoms with Gasteiger partial charge < -0.3 is 19.5 Å². The van der Waals surface area contributed by atoms with E-state index in [4.69, 9.17) is 25.8 Å². The quantitative estimate of drug-likeness (QED) is 0.221. The number of amides is 1. The van der Waals surface area contributed by atoms with E-state index in [2.05, 4.69) is 5.32 Å². The Balaban J connectivity index is 0.00000216. The second kappa shape index (κ2) is 13.6. The first-order valence-electron chi connectivity index (χ1n) is 14.7. The minimum Gasteiger partial charge on any atom is -0.497 e. The zero-order valence-corrected chi connectivity index (χ0v) is 27.0. The molecule has 0 bridgehead atoms. The normalized spacial score (nSPS) is 16.8. The van der Waals surface area contributed by atoms with Crippen LogP contribution in [-0.4, -0.2) is 24.8 Å². The molecule has 1 N–H and O–H groups in total. The maximum absolute atomic E-state index is 13.8. The number of nitrogens with one attached hydrogen (secondary N) is 1. The third kappa shape index (κ3) is 6.91. The second-order valence-corrected chi connectivity index (χ2v) is 11.7. The molecule has 0 spiro atoms. The summed E-state index contributed by atoms with van der Waals surface area (Å²) in [4.78, 5) is 40.7. The molecule has 3 aromatic carbocycles. The highest BCUT2D eigenvalue weighted by Crippen LogP contribution is 2.51. The number of esters is 1. The Morgan fingerprint density at radius 3 is 2.30 bits per heavy atom. The molecule has 1 heterocycles. The molecule has 0 radical (unpaired) electrons. The first-order valence-corrected chi connectivity index (χ1v) is 15.0. The van der Waals surface area contributed by atoms with Crippen molar-refractivity contribution in [3.8, 4) is 17.2 Å². The molecule has 0 saturated carbocycles. The molecule has 0 aromatic heterocycles. The molecule has 9 heteroatoms. The monoisotopic (exact) mass is 618 g/mol. The van der Waals surface area contributed by atoms with E-state index in [-0.39, 0.29) is 22.9 Å². The Kier molecular flexibility index (Phi) is 10.0. The highest BCUT2D eigenvalue weighted by atomic mass is 35.5. The molecule has 232 valence electrons. The lowest BCUT2D eigenvalue weighted by atomic mass is 9.73. The minimum absolute atomic E-state index is 0.0808. The molecule has 2 aliphatic rings. The van der Waals surface area contributed by atoms with Gasteiger partial charge in [-0.25, -0.2) is 0 Å². The van der Waals surface area contributed by atoms with E-state index in [1.165, 1.54) is 13.8 Å². The van der Waals surface area contributed by atoms with E-state index in [0.717, 1.165) is 11.3 Å². The predicted octanol–water partition coefficient (Wildman–Crippen LogP) is 8.04. The summed E-state index contributed by atoms with van der Waals surface area (Å²) >= 11 is 6.91. The lowest BCUT2D eigenvalue weighted by Crippen LogP contribution is -2.38. The van der Waals surface area contributed by atoms with Gasteiger partial charge in [0.1, 0.15) is 23.8 Å². The molecule has 0 fully saturated rings. The van der Waals surface area contributed by atoms with Crippen LogP contribution in [0.4, 0.5) is 11.4 Å². The maximum atomic E-state index is 13.8. The molecule has 8 nitrogen and oxygen atoms in total. The van der Waals surface area contributed by atoms with Crippen LogP contribution in [0.1, 0.15) is 71.6 Å². The van der Waals surface area contributed by atoms with Crippen LogP contribution in [-0.2, 0) is 21.0 Å². The molecule has 0 saturated heterocycles. The largest absolute Gasteiger partial charge is 0.497 e. The summed E-state index contributed by atoms with van der Waals surface area (Å²) < 4.78 is 16.7. The fourth-order valence-corrected chi connectivity index (χ4v) is 5.90. The average molecular weight is 619 g/mol. The van der Waals surface area contributed by atoms with Crippen LogP contribution >= 0.6 is 11.6 Å². The number of benzene rings is 3. The lowest BCUT2D eigenvalue weighted by molar-refractivity contribution is -0.131. The smallest absolute Gasteiger partial charge is 0.308 e. The number of hydrogen-bond donors (Lipinski definition) is 1. The lowest BCUT2D eigenvalue weighted by Gasteiger charge is -2.37. The predicted molar refractivity (Wildman–Crippen MR) is 172 cm³/mol. The molecule has 1 atom stereocenters. The van der Waals surface area contributed by atoms with E-state index < -0.39 is 12.0 Å². The Bertz CT molecular complexity index is 1600. The van der Waals surface area contributed by atoms with E-state index in [9.17, 15) is 14.4 Å². The highest BCUT2D eigenvalue weighted by molar-refractivity contribution is 6.31. The number of carbonyl (C=O) groups excluding carboxylic acids is 3. The van der Waals surface area contributed by atoms with Crippen molar-refractivity contribution in [1.29, 1.82) is 0 Å². The van der Waals surface area contributed by atoms with Crippen molar-refractivity contribution in [1.82, 2.24) is 0 Å². The summed E-state index contributed by atoms with van der Waals surface area (Å²) in [6, 6.07) is 17.2. The number of carbonyl (C=O) groups is 3. The van der Waals surface area contributed by atoms with Crippen molar-refractivity contribution in [2.45, 2.75) is 67.0 Å². The van der Waals surface area contributed by atoms with Crippen molar-refractivity contribution in [3.63, 3.8) is 0 Å². The number of para-hydroxylation sites is 1. The molecule has 1 unspecified atom stereocenters. The van der Waals surface area contributed by atoms with Gasteiger partial charge in [-0.2, -0.15) is 0 Å². The van der Waals surface area contributed by atoms with Gasteiger partial charge in [0.25, 0.3) is 0 Å². The third-order valence-electron chi connectivity index (χ3n) is 7.42. The van der Waals surface area contributed by atoms with Gasteiger partial charge in [0, 0.05) is 36.6 Å². The second-order valence-electron chi connectivity index (χ2n) is 11.3. The zero-order chi connectivity index (χ0) is 32.2. The number of ketones is 1. The van der Waals surface area contributed by atoms with Gasteiger partial charge in [0.15, 0.2) is 11.5 Å². The molecular formula is C35H39ClN2O6. The number of rotatable bonds is 6. The van der Waals surface area contributed by atoms with Gasteiger partial charge in [0.2, 0.25) is 5.91 Å². The number of methoxy groups -OCH3 is 1.